The van der Waals surface area contributed by atoms with Gasteiger partial charge < -0.3 is 15.0 Å². The van der Waals surface area contributed by atoms with Crippen molar-refractivity contribution >= 4 is 11.7 Å². The Kier molecular flexibility index (Phi) is 5.11. The number of carbonyl (C=O) groups excluding carboxylic acids is 1. The summed E-state index contributed by atoms with van der Waals surface area (Å²) >= 11 is 0. The molecule has 2 heterocycles. The highest BCUT2D eigenvalue weighted by atomic mass is 16.5. The fourth-order valence-electron chi connectivity index (χ4n) is 3.55. The Labute approximate surface area is 153 Å². The highest BCUT2D eigenvalue weighted by Crippen LogP contribution is 2.24. The van der Waals surface area contributed by atoms with Gasteiger partial charge in [0.1, 0.15) is 11.5 Å². The quantitative estimate of drug-likeness (QED) is 0.916. The lowest BCUT2D eigenvalue weighted by Gasteiger charge is -2.26. The van der Waals surface area contributed by atoms with Crippen LogP contribution in [-0.4, -0.2) is 53.1 Å². The lowest BCUT2D eigenvalue weighted by Crippen LogP contribution is -2.41. The summed E-state index contributed by atoms with van der Waals surface area (Å²) in [7, 11) is 0. The first-order valence-corrected chi connectivity index (χ1v) is 9.38. The van der Waals surface area contributed by atoms with Crippen LogP contribution in [0.25, 0.3) is 11.4 Å². The summed E-state index contributed by atoms with van der Waals surface area (Å²) in [5.41, 5.74) is 1.36. The molecule has 0 unspecified atom stereocenters. The van der Waals surface area contributed by atoms with E-state index in [1.54, 1.807) is 11.0 Å². The van der Waals surface area contributed by atoms with E-state index in [1.807, 2.05) is 30.3 Å². The molecule has 2 aromatic rings. The van der Waals surface area contributed by atoms with Crippen LogP contribution in [0.2, 0.25) is 0 Å². The molecular formula is C20H24N4O2. The number of morpholine rings is 1. The molecule has 0 radical (unpaired) electrons. The molecule has 6 nitrogen and oxygen atoms in total. The number of hydrogen-bond donors (Lipinski definition) is 1. The monoisotopic (exact) mass is 352 g/mol. The molecule has 6 heteroatoms. The largest absolute Gasteiger partial charge is 0.378 e. The summed E-state index contributed by atoms with van der Waals surface area (Å²) in [6, 6.07) is 12.0. The Morgan fingerprint density at radius 1 is 1.08 bits per heavy atom. The Morgan fingerprint density at radius 2 is 1.81 bits per heavy atom. The fraction of sp³-hybridized carbons (Fsp3) is 0.450. The summed E-state index contributed by atoms with van der Waals surface area (Å²) in [4.78, 5) is 24.0. The first-order valence-electron chi connectivity index (χ1n) is 9.38. The van der Waals surface area contributed by atoms with Gasteiger partial charge in [-0.1, -0.05) is 43.2 Å². The number of ether oxygens (including phenoxy) is 1. The zero-order valence-electron chi connectivity index (χ0n) is 14.9. The van der Waals surface area contributed by atoms with Crippen molar-refractivity contribution in [2.75, 3.05) is 31.6 Å². The molecule has 0 bridgehead atoms. The molecule has 4 rings (SSSR count). The highest BCUT2D eigenvalue weighted by Gasteiger charge is 2.22. The number of hydrogen-bond acceptors (Lipinski definition) is 5. The van der Waals surface area contributed by atoms with Crippen molar-refractivity contribution in [2.45, 2.75) is 31.7 Å². The summed E-state index contributed by atoms with van der Waals surface area (Å²) in [6.07, 6.45) is 4.79. The number of carbonyl (C=O) groups is 1. The average Bonchev–Trinajstić information content (AvgIpc) is 3.21. The molecule has 136 valence electrons. The fourth-order valence-corrected chi connectivity index (χ4v) is 3.55. The third-order valence-corrected chi connectivity index (χ3v) is 4.98. The molecule has 1 amide bonds. The van der Waals surface area contributed by atoms with Gasteiger partial charge in [0.05, 0.1) is 13.2 Å². The SMILES string of the molecule is O=C(c1cc(NC2CCCC2)nc(-c2ccccc2)n1)N1CCOCC1. The van der Waals surface area contributed by atoms with E-state index in [-0.39, 0.29) is 5.91 Å². The topological polar surface area (TPSA) is 67.4 Å². The standard InChI is InChI=1S/C20H24N4O2/c25-20(24-10-12-26-13-11-24)17-14-18(21-16-8-4-5-9-16)23-19(22-17)15-6-2-1-3-7-15/h1-3,6-7,14,16H,4-5,8-13H2,(H,21,22,23). The number of anilines is 1. The van der Waals surface area contributed by atoms with Crippen molar-refractivity contribution in [3.63, 3.8) is 0 Å². The van der Waals surface area contributed by atoms with E-state index >= 15 is 0 Å². The molecule has 2 aliphatic rings. The van der Waals surface area contributed by atoms with Crippen LogP contribution < -0.4 is 5.32 Å². The molecule has 1 saturated carbocycles. The van der Waals surface area contributed by atoms with Crippen LogP contribution in [-0.2, 0) is 4.74 Å². The van der Waals surface area contributed by atoms with Crippen molar-refractivity contribution in [1.82, 2.24) is 14.9 Å². The molecule has 1 aliphatic carbocycles. The predicted octanol–water partition coefficient (Wildman–Crippen LogP) is 2.97. The van der Waals surface area contributed by atoms with Crippen LogP contribution in [0.1, 0.15) is 36.2 Å². The Hall–Kier alpha value is -2.47. The van der Waals surface area contributed by atoms with Crippen LogP contribution in [0, 0.1) is 0 Å². The summed E-state index contributed by atoms with van der Waals surface area (Å²) in [6.45, 7) is 2.37. The number of aromatic nitrogens is 2. The molecule has 1 aromatic heterocycles. The molecule has 2 fully saturated rings. The van der Waals surface area contributed by atoms with Crippen molar-refractivity contribution in [2.24, 2.45) is 0 Å². The molecule has 1 saturated heterocycles. The van der Waals surface area contributed by atoms with Gasteiger partial charge in [-0.3, -0.25) is 4.79 Å². The van der Waals surface area contributed by atoms with Crippen molar-refractivity contribution in [3.05, 3.63) is 42.1 Å². The predicted molar refractivity (Wildman–Crippen MR) is 100 cm³/mol. The number of benzene rings is 1. The number of nitrogens with one attached hydrogen (secondary N) is 1. The van der Waals surface area contributed by atoms with Crippen molar-refractivity contribution in [3.8, 4) is 11.4 Å². The van der Waals surface area contributed by atoms with E-state index in [2.05, 4.69) is 15.3 Å². The van der Waals surface area contributed by atoms with Crippen LogP contribution >= 0.6 is 0 Å². The van der Waals surface area contributed by atoms with Gasteiger partial charge >= 0.3 is 0 Å². The first-order chi connectivity index (χ1) is 12.8. The van der Waals surface area contributed by atoms with E-state index in [1.165, 1.54) is 12.8 Å². The molecule has 1 aromatic carbocycles. The number of nitrogens with zero attached hydrogens (tertiary/aromatic N) is 3. The van der Waals surface area contributed by atoms with Gasteiger partial charge in [0.15, 0.2) is 5.82 Å². The lowest BCUT2D eigenvalue weighted by atomic mass is 10.2. The molecular weight excluding hydrogens is 328 g/mol. The molecule has 0 atom stereocenters. The summed E-state index contributed by atoms with van der Waals surface area (Å²) in [5.74, 6) is 1.27. The van der Waals surface area contributed by atoms with Crippen LogP contribution in [0.3, 0.4) is 0 Å². The minimum atomic E-state index is -0.0534. The molecule has 1 N–H and O–H groups in total. The second kappa shape index (κ2) is 7.83. The Morgan fingerprint density at radius 3 is 2.54 bits per heavy atom. The first kappa shape index (κ1) is 17.0. The van der Waals surface area contributed by atoms with Crippen molar-refractivity contribution < 1.29 is 9.53 Å². The second-order valence-electron chi connectivity index (χ2n) is 6.86. The Bertz CT molecular complexity index is 754. The third kappa shape index (κ3) is 3.85. The van der Waals surface area contributed by atoms with E-state index in [9.17, 15) is 4.79 Å². The van der Waals surface area contributed by atoms with Crippen LogP contribution in [0.4, 0.5) is 5.82 Å². The van der Waals surface area contributed by atoms with Gasteiger partial charge in [0.2, 0.25) is 0 Å². The smallest absolute Gasteiger partial charge is 0.272 e. The summed E-state index contributed by atoms with van der Waals surface area (Å²) < 4.78 is 5.35. The normalized spacial score (nSPS) is 18.1. The number of amides is 1. The van der Waals surface area contributed by atoms with E-state index < -0.39 is 0 Å². The maximum atomic E-state index is 12.9. The molecule has 0 spiro atoms. The molecule has 26 heavy (non-hydrogen) atoms. The van der Waals surface area contributed by atoms with Gasteiger partial charge in [-0.2, -0.15) is 0 Å². The third-order valence-electron chi connectivity index (χ3n) is 4.98. The highest BCUT2D eigenvalue weighted by molar-refractivity contribution is 5.93. The van der Waals surface area contributed by atoms with Gasteiger partial charge in [-0.25, -0.2) is 9.97 Å². The zero-order chi connectivity index (χ0) is 17.8. The Balaban J connectivity index is 1.66. The maximum Gasteiger partial charge on any atom is 0.272 e. The van der Waals surface area contributed by atoms with E-state index in [0.29, 0.717) is 43.9 Å². The van der Waals surface area contributed by atoms with E-state index in [0.717, 1.165) is 24.2 Å². The van der Waals surface area contributed by atoms with E-state index in [4.69, 9.17) is 4.74 Å². The number of rotatable bonds is 4. The average molecular weight is 352 g/mol. The van der Waals surface area contributed by atoms with Gasteiger partial charge in [0.25, 0.3) is 5.91 Å². The second-order valence-corrected chi connectivity index (χ2v) is 6.86. The van der Waals surface area contributed by atoms with Gasteiger partial charge in [-0.15, -0.1) is 0 Å². The van der Waals surface area contributed by atoms with Gasteiger partial charge in [0, 0.05) is 30.8 Å². The minimum absolute atomic E-state index is 0.0534. The van der Waals surface area contributed by atoms with Gasteiger partial charge in [-0.05, 0) is 12.8 Å². The summed E-state index contributed by atoms with van der Waals surface area (Å²) in [5, 5.41) is 3.50. The van der Waals surface area contributed by atoms with Crippen molar-refractivity contribution in [1.29, 1.82) is 0 Å². The lowest BCUT2D eigenvalue weighted by molar-refractivity contribution is 0.0299. The minimum Gasteiger partial charge on any atom is -0.378 e. The molecule has 1 aliphatic heterocycles. The van der Waals surface area contributed by atoms with Crippen LogP contribution in [0.15, 0.2) is 36.4 Å². The zero-order valence-corrected chi connectivity index (χ0v) is 14.9. The van der Waals surface area contributed by atoms with Crippen LogP contribution in [0.5, 0.6) is 0 Å². The maximum absolute atomic E-state index is 12.9.